The Labute approximate surface area is 117 Å². The molecular weight excluding hydrogens is 265 g/mol. The van der Waals surface area contributed by atoms with Crippen molar-refractivity contribution < 1.29 is 14.3 Å². The molecule has 0 saturated heterocycles. The smallest absolute Gasteiger partial charge is 0.251 e. The second-order valence-electron chi connectivity index (χ2n) is 4.99. The van der Waals surface area contributed by atoms with Crippen molar-refractivity contribution in [3.63, 3.8) is 0 Å². The van der Waals surface area contributed by atoms with Gasteiger partial charge >= 0.3 is 0 Å². The number of thiol groups is 1. The molecule has 0 spiro atoms. The van der Waals surface area contributed by atoms with Crippen molar-refractivity contribution in [3.05, 3.63) is 29.6 Å². The molecule has 0 radical (unpaired) electrons. The van der Waals surface area contributed by atoms with Gasteiger partial charge < -0.3 is 10.4 Å². The predicted octanol–water partition coefficient (Wildman–Crippen LogP) is 2.40. The van der Waals surface area contributed by atoms with Crippen molar-refractivity contribution in [2.45, 2.75) is 36.7 Å². The van der Waals surface area contributed by atoms with E-state index in [-0.39, 0.29) is 22.8 Å². The summed E-state index contributed by atoms with van der Waals surface area (Å²) in [5.41, 5.74) is 0.386. The minimum absolute atomic E-state index is 0.119. The fourth-order valence-electron chi connectivity index (χ4n) is 2.41. The molecule has 1 amide bonds. The van der Waals surface area contributed by atoms with Gasteiger partial charge in [0, 0.05) is 22.9 Å². The van der Waals surface area contributed by atoms with E-state index in [0.717, 1.165) is 25.7 Å². The van der Waals surface area contributed by atoms with Crippen LogP contribution in [0.3, 0.4) is 0 Å². The molecule has 1 aromatic carbocycles. The largest absolute Gasteiger partial charge is 0.393 e. The van der Waals surface area contributed by atoms with E-state index in [1.807, 2.05) is 0 Å². The molecule has 0 aromatic heterocycles. The van der Waals surface area contributed by atoms with Gasteiger partial charge in [-0.15, -0.1) is 12.6 Å². The Balaban J connectivity index is 1.91. The topological polar surface area (TPSA) is 49.3 Å². The molecule has 104 valence electrons. The van der Waals surface area contributed by atoms with Crippen molar-refractivity contribution in [1.82, 2.24) is 5.32 Å². The van der Waals surface area contributed by atoms with E-state index in [9.17, 15) is 14.3 Å². The molecule has 1 saturated carbocycles. The van der Waals surface area contributed by atoms with E-state index in [1.54, 1.807) is 0 Å². The number of hydrogen-bond acceptors (Lipinski definition) is 3. The van der Waals surface area contributed by atoms with Crippen LogP contribution in [0.1, 0.15) is 36.0 Å². The third-order valence-corrected chi connectivity index (χ3v) is 3.94. The fraction of sp³-hybridized carbons (Fsp3) is 0.500. The molecule has 2 N–H and O–H groups in total. The Kier molecular flexibility index (Phi) is 4.82. The third-order valence-electron chi connectivity index (χ3n) is 3.60. The van der Waals surface area contributed by atoms with E-state index in [4.69, 9.17) is 0 Å². The highest BCUT2D eigenvalue weighted by Crippen LogP contribution is 2.23. The van der Waals surface area contributed by atoms with Crippen molar-refractivity contribution >= 4 is 18.5 Å². The summed E-state index contributed by atoms with van der Waals surface area (Å²) in [5, 5.41) is 12.6. The summed E-state index contributed by atoms with van der Waals surface area (Å²) in [6.45, 7) is 0.458. The number of amides is 1. The maximum atomic E-state index is 13.0. The van der Waals surface area contributed by atoms with Gasteiger partial charge in [-0.1, -0.05) is 12.8 Å². The predicted molar refractivity (Wildman–Crippen MR) is 74.0 cm³/mol. The highest BCUT2D eigenvalue weighted by atomic mass is 32.1. The van der Waals surface area contributed by atoms with Crippen molar-refractivity contribution in [3.8, 4) is 0 Å². The number of carbonyl (C=O) groups excluding carboxylic acids is 1. The lowest BCUT2D eigenvalue weighted by Gasteiger charge is -2.27. The van der Waals surface area contributed by atoms with Gasteiger partial charge in [-0.25, -0.2) is 4.39 Å². The van der Waals surface area contributed by atoms with Crippen LogP contribution in [-0.4, -0.2) is 23.7 Å². The zero-order valence-corrected chi connectivity index (χ0v) is 11.5. The maximum Gasteiger partial charge on any atom is 0.251 e. The Hall–Kier alpha value is -1.07. The monoisotopic (exact) mass is 283 g/mol. The summed E-state index contributed by atoms with van der Waals surface area (Å²) >= 11 is 3.95. The van der Waals surface area contributed by atoms with Crippen LogP contribution in [-0.2, 0) is 0 Å². The lowest BCUT2D eigenvalue weighted by Crippen LogP contribution is -2.36. The number of aliphatic hydroxyl groups is 1. The second-order valence-corrected chi connectivity index (χ2v) is 5.47. The molecular formula is C14H18FNO2S. The van der Waals surface area contributed by atoms with Crippen molar-refractivity contribution in [1.29, 1.82) is 0 Å². The number of nitrogens with one attached hydrogen (secondary N) is 1. The Morgan fingerprint density at radius 2 is 2.16 bits per heavy atom. The summed E-state index contributed by atoms with van der Waals surface area (Å²) in [7, 11) is 0. The SMILES string of the molecule is O=C(NCC1CCCCC1O)c1ccc(F)c(S)c1. The van der Waals surface area contributed by atoms with Crippen LogP contribution in [0.15, 0.2) is 23.1 Å². The van der Waals surface area contributed by atoms with Gasteiger partial charge in [-0.05, 0) is 31.0 Å². The van der Waals surface area contributed by atoms with Crippen LogP contribution in [0, 0.1) is 11.7 Å². The highest BCUT2D eigenvalue weighted by molar-refractivity contribution is 7.80. The lowest BCUT2D eigenvalue weighted by atomic mass is 9.86. The van der Waals surface area contributed by atoms with E-state index in [1.165, 1.54) is 18.2 Å². The first-order chi connectivity index (χ1) is 9.08. The standard InChI is InChI=1S/C14H18FNO2S/c15-11-6-5-9(7-13(11)19)14(18)16-8-10-3-1-2-4-12(10)17/h5-7,10,12,17,19H,1-4,8H2,(H,16,18). The van der Waals surface area contributed by atoms with Crippen LogP contribution in [0.25, 0.3) is 0 Å². The zero-order valence-electron chi connectivity index (χ0n) is 10.6. The summed E-state index contributed by atoms with van der Waals surface area (Å²) in [6.07, 6.45) is 3.55. The van der Waals surface area contributed by atoms with Gasteiger partial charge in [0.1, 0.15) is 5.82 Å². The maximum absolute atomic E-state index is 13.0. The van der Waals surface area contributed by atoms with Gasteiger partial charge in [0.15, 0.2) is 0 Å². The molecule has 2 unspecified atom stereocenters. The van der Waals surface area contributed by atoms with E-state index < -0.39 is 5.82 Å². The normalized spacial score (nSPS) is 23.1. The molecule has 1 aliphatic rings. The Morgan fingerprint density at radius 3 is 2.84 bits per heavy atom. The molecule has 2 atom stereocenters. The highest BCUT2D eigenvalue weighted by Gasteiger charge is 2.23. The zero-order chi connectivity index (χ0) is 13.8. The summed E-state index contributed by atoms with van der Waals surface area (Å²) < 4.78 is 13.0. The molecule has 1 aromatic rings. The Morgan fingerprint density at radius 1 is 1.42 bits per heavy atom. The summed E-state index contributed by atoms with van der Waals surface area (Å²) in [6, 6.07) is 4.07. The van der Waals surface area contributed by atoms with Gasteiger partial charge in [-0.2, -0.15) is 0 Å². The molecule has 1 aliphatic carbocycles. The number of halogens is 1. The lowest BCUT2D eigenvalue weighted by molar-refractivity contribution is 0.0663. The van der Waals surface area contributed by atoms with Gasteiger partial charge in [-0.3, -0.25) is 4.79 Å². The molecule has 0 heterocycles. The fourth-order valence-corrected chi connectivity index (χ4v) is 2.62. The molecule has 1 fully saturated rings. The van der Waals surface area contributed by atoms with Gasteiger partial charge in [0.2, 0.25) is 0 Å². The minimum atomic E-state index is -0.442. The molecule has 2 rings (SSSR count). The van der Waals surface area contributed by atoms with Crippen molar-refractivity contribution in [2.24, 2.45) is 5.92 Å². The van der Waals surface area contributed by atoms with Crippen LogP contribution >= 0.6 is 12.6 Å². The van der Waals surface area contributed by atoms with E-state index in [0.29, 0.717) is 12.1 Å². The number of aliphatic hydroxyl groups excluding tert-OH is 1. The first-order valence-corrected chi connectivity index (χ1v) is 6.97. The molecule has 3 nitrogen and oxygen atoms in total. The van der Waals surface area contributed by atoms with Crippen LogP contribution in [0.4, 0.5) is 4.39 Å². The number of hydrogen-bond donors (Lipinski definition) is 3. The third kappa shape index (κ3) is 3.70. The minimum Gasteiger partial charge on any atom is -0.393 e. The summed E-state index contributed by atoms with van der Waals surface area (Å²) in [5.74, 6) is -0.579. The van der Waals surface area contributed by atoms with E-state index in [2.05, 4.69) is 17.9 Å². The average molecular weight is 283 g/mol. The van der Waals surface area contributed by atoms with Crippen LogP contribution in [0.5, 0.6) is 0 Å². The molecule has 5 heteroatoms. The van der Waals surface area contributed by atoms with Crippen molar-refractivity contribution in [2.75, 3.05) is 6.54 Å². The van der Waals surface area contributed by atoms with Crippen LogP contribution in [0.2, 0.25) is 0 Å². The molecule has 19 heavy (non-hydrogen) atoms. The average Bonchev–Trinajstić information content (AvgIpc) is 2.40. The molecule has 0 aliphatic heterocycles. The number of benzene rings is 1. The van der Waals surface area contributed by atoms with Crippen LogP contribution < -0.4 is 5.32 Å². The Bertz CT molecular complexity index is 467. The first-order valence-electron chi connectivity index (χ1n) is 6.52. The first kappa shape index (κ1) is 14.3. The van der Waals surface area contributed by atoms with E-state index >= 15 is 0 Å². The summed E-state index contributed by atoms with van der Waals surface area (Å²) in [4.78, 5) is 12.1. The van der Waals surface area contributed by atoms with Gasteiger partial charge in [0.25, 0.3) is 5.91 Å². The van der Waals surface area contributed by atoms with Gasteiger partial charge in [0.05, 0.1) is 6.10 Å². The number of rotatable bonds is 3. The molecule has 0 bridgehead atoms. The quantitative estimate of drug-likeness (QED) is 0.746. The second kappa shape index (κ2) is 6.39. The number of carbonyl (C=O) groups is 1.